The van der Waals surface area contributed by atoms with E-state index in [4.69, 9.17) is 14.6 Å². The molecule has 132 valence electrons. The maximum atomic E-state index is 12.0. The number of unbranched alkanes of at least 4 members (excludes halogenated alkanes) is 1. The molecule has 0 aromatic heterocycles. The van der Waals surface area contributed by atoms with Gasteiger partial charge in [-0.05, 0) is 55.7 Å². The van der Waals surface area contributed by atoms with Crippen molar-refractivity contribution in [1.29, 1.82) is 0 Å². The first-order valence-electron chi connectivity index (χ1n) is 7.81. The third-order valence-electron chi connectivity index (χ3n) is 3.39. The number of carbonyl (C=O) groups excluding carboxylic acids is 1. The molecule has 0 aliphatic rings. The molecule has 1 N–H and O–H groups in total. The number of nitrogens with zero attached hydrogens (tertiary/aromatic N) is 1. The summed E-state index contributed by atoms with van der Waals surface area (Å²) in [6.07, 6.45) is 1.29. The molecule has 0 saturated heterocycles. The first-order valence-corrected chi connectivity index (χ1v) is 7.81. The fraction of sp³-hybridized carbons (Fsp3) is 0.278. The number of non-ortho nitro benzene ring substituents is 1. The van der Waals surface area contributed by atoms with E-state index in [1.54, 1.807) is 25.1 Å². The fourth-order valence-electron chi connectivity index (χ4n) is 2.17. The summed E-state index contributed by atoms with van der Waals surface area (Å²) >= 11 is 0. The number of nitro groups is 1. The Morgan fingerprint density at radius 2 is 1.80 bits per heavy atom. The third kappa shape index (κ3) is 5.80. The van der Waals surface area contributed by atoms with Crippen LogP contribution < -0.4 is 4.74 Å². The minimum atomic E-state index is -0.578. The Hall–Kier alpha value is -3.09. The summed E-state index contributed by atoms with van der Waals surface area (Å²) in [4.78, 5) is 22.2. The maximum Gasteiger partial charge on any atom is 0.338 e. The SMILES string of the molecule is Cc1cc(C(=O)OCCCCOc2ccc(O)cc2)cc([N+](=O)[O-])c1. The Kier molecular flexibility index (Phi) is 6.33. The highest BCUT2D eigenvalue weighted by Gasteiger charge is 2.14. The van der Waals surface area contributed by atoms with Crippen molar-refractivity contribution in [3.8, 4) is 11.5 Å². The van der Waals surface area contributed by atoms with E-state index >= 15 is 0 Å². The fourth-order valence-corrected chi connectivity index (χ4v) is 2.17. The topological polar surface area (TPSA) is 98.9 Å². The van der Waals surface area contributed by atoms with E-state index in [-0.39, 0.29) is 23.6 Å². The number of nitro benzene ring substituents is 1. The smallest absolute Gasteiger partial charge is 0.338 e. The zero-order valence-corrected chi connectivity index (χ0v) is 13.8. The lowest BCUT2D eigenvalue weighted by Gasteiger charge is -2.07. The number of hydrogen-bond donors (Lipinski definition) is 1. The van der Waals surface area contributed by atoms with Crippen LogP contribution in [0.5, 0.6) is 11.5 Å². The van der Waals surface area contributed by atoms with Gasteiger partial charge in [0.05, 0.1) is 23.7 Å². The Balaban J connectivity index is 1.72. The van der Waals surface area contributed by atoms with Gasteiger partial charge in [0.25, 0.3) is 5.69 Å². The summed E-state index contributed by atoms with van der Waals surface area (Å²) in [6.45, 7) is 2.35. The van der Waals surface area contributed by atoms with E-state index in [0.717, 1.165) is 0 Å². The summed E-state index contributed by atoms with van der Waals surface area (Å²) < 4.78 is 10.6. The summed E-state index contributed by atoms with van der Waals surface area (Å²) in [5.41, 5.74) is 0.671. The average Bonchev–Trinajstić information content (AvgIpc) is 2.58. The van der Waals surface area contributed by atoms with Crippen LogP contribution in [-0.2, 0) is 4.74 Å². The van der Waals surface area contributed by atoms with Crippen LogP contribution in [0.4, 0.5) is 5.69 Å². The van der Waals surface area contributed by atoms with Crippen LogP contribution >= 0.6 is 0 Å². The molecule has 0 atom stereocenters. The molecule has 0 aliphatic heterocycles. The number of phenols is 1. The number of ether oxygens (including phenoxy) is 2. The standard InChI is InChI=1S/C18H19NO6/c1-13-10-14(12-15(11-13)19(22)23)18(21)25-9-3-2-8-24-17-6-4-16(20)5-7-17/h4-7,10-12,20H,2-3,8-9H2,1H3. The molecular formula is C18H19NO6. The van der Waals surface area contributed by atoms with Crippen LogP contribution in [0.25, 0.3) is 0 Å². The van der Waals surface area contributed by atoms with Gasteiger partial charge in [0, 0.05) is 12.1 Å². The van der Waals surface area contributed by atoms with Crippen molar-refractivity contribution in [1.82, 2.24) is 0 Å². The molecule has 2 aromatic rings. The second kappa shape index (κ2) is 8.68. The molecule has 0 fully saturated rings. The highest BCUT2D eigenvalue weighted by molar-refractivity contribution is 5.90. The Morgan fingerprint density at radius 1 is 1.12 bits per heavy atom. The van der Waals surface area contributed by atoms with Crippen LogP contribution in [0.3, 0.4) is 0 Å². The van der Waals surface area contributed by atoms with Crippen LogP contribution in [0.2, 0.25) is 0 Å². The summed E-state index contributed by atoms with van der Waals surface area (Å²) in [5, 5.41) is 20.0. The second-order valence-electron chi connectivity index (χ2n) is 5.50. The van der Waals surface area contributed by atoms with Gasteiger partial charge in [0.2, 0.25) is 0 Å². The zero-order valence-electron chi connectivity index (χ0n) is 13.8. The first-order chi connectivity index (χ1) is 12.0. The highest BCUT2D eigenvalue weighted by atomic mass is 16.6. The van der Waals surface area contributed by atoms with E-state index in [9.17, 15) is 14.9 Å². The number of esters is 1. The van der Waals surface area contributed by atoms with Gasteiger partial charge < -0.3 is 14.6 Å². The average molecular weight is 345 g/mol. The van der Waals surface area contributed by atoms with Crippen molar-refractivity contribution >= 4 is 11.7 Å². The molecule has 0 unspecified atom stereocenters. The van der Waals surface area contributed by atoms with Gasteiger partial charge in [-0.1, -0.05) is 0 Å². The zero-order chi connectivity index (χ0) is 18.2. The van der Waals surface area contributed by atoms with Crippen molar-refractivity contribution in [2.45, 2.75) is 19.8 Å². The number of carbonyl (C=O) groups is 1. The number of rotatable bonds is 8. The summed E-state index contributed by atoms with van der Waals surface area (Å²) in [6, 6.07) is 10.6. The number of aromatic hydroxyl groups is 1. The van der Waals surface area contributed by atoms with Crippen LogP contribution in [0.1, 0.15) is 28.8 Å². The van der Waals surface area contributed by atoms with Crippen molar-refractivity contribution in [3.05, 3.63) is 63.7 Å². The first kappa shape index (κ1) is 18.3. The molecular weight excluding hydrogens is 326 g/mol. The van der Waals surface area contributed by atoms with E-state index in [2.05, 4.69) is 0 Å². The molecule has 0 aliphatic carbocycles. The molecule has 0 amide bonds. The van der Waals surface area contributed by atoms with E-state index in [0.29, 0.717) is 30.8 Å². The minimum absolute atomic E-state index is 0.130. The van der Waals surface area contributed by atoms with Gasteiger partial charge in [0.1, 0.15) is 11.5 Å². The number of hydrogen-bond acceptors (Lipinski definition) is 6. The molecule has 0 heterocycles. The lowest BCUT2D eigenvalue weighted by Crippen LogP contribution is -2.08. The van der Waals surface area contributed by atoms with Crippen molar-refractivity contribution < 1.29 is 24.3 Å². The highest BCUT2D eigenvalue weighted by Crippen LogP contribution is 2.18. The van der Waals surface area contributed by atoms with Crippen molar-refractivity contribution in [2.24, 2.45) is 0 Å². The predicted molar refractivity (Wildman–Crippen MR) is 91.0 cm³/mol. The lowest BCUT2D eigenvalue weighted by atomic mass is 10.1. The number of benzene rings is 2. The Labute approximate surface area is 145 Å². The summed E-state index contributed by atoms with van der Waals surface area (Å²) in [7, 11) is 0. The molecule has 25 heavy (non-hydrogen) atoms. The van der Waals surface area contributed by atoms with E-state index < -0.39 is 10.9 Å². The van der Waals surface area contributed by atoms with E-state index in [1.165, 1.54) is 24.3 Å². The van der Waals surface area contributed by atoms with Crippen LogP contribution in [0.15, 0.2) is 42.5 Å². The van der Waals surface area contributed by atoms with Gasteiger partial charge in [-0.15, -0.1) is 0 Å². The number of phenolic OH excluding ortho intramolecular Hbond substituents is 1. The van der Waals surface area contributed by atoms with Gasteiger partial charge in [-0.2, -0.15) is 0 Å². The lowest BCUT2D eigenvalue weighted by molar-refractivity contribution is -0.384. The van der Waals surface area contributed by atoms with Gasteiger partial charge >= 0.3 is 5.97 Å². The Morgan fingerprint density at radius 3 is 2.48 bits per heavy atom. The van der Waals surface area contributed by atoms with Gasteiger partial charge in [-0.25, -0.2) is 4.79 Å². The maximum absolute atomic E-state index is 12.0. The monoisotopic (exact) mass is 345 g/mol. The van der Waals surface area contributed by atoms with Crippen LogP contribution in [0, 0.1) is 17.0 Å². The van der Waals surface area contributed by atoms with Crippen molar-refractivity contribution in [3.63, 3.8) is 0 Å². The van der Waals surface area contributed by atoms with Crippen LogP contribution in [-0.4, -0.2) is 29.2 Å². The minimum Gasteiger partial charge on any atom is -0.508 e. The molecule has 0 bridgehead atoms. The van der Waals surface area contributed by atoms with Crippen molar-refractivity contribution in [2.75, 3.05) is 13.2 Å². The Bertz CT molecular complexity index is 742. The quantitative estimate of drug-likeness (QED) is 0.339. The van der Waals surface area contributed by atoms with Gasteiger partial charge in [0.15, 0.2) is 0 Å². The third-order valence-corrected chi connectivity index (χ3v) is 3.39. The molecule has 0 spiro atoms. The second-order valence-corrected chi connectivity index (χ2v) is 5.50. The molecule has 7 heteroatoms. The molecule has 2 aromatic carbocycles. The molecule has 7 nitrogen and oxygen atoms in total. The van der Waals surface area contributed by atoms with Gasteiger partial charge in [-0.3, -0.25) is 10.1 Å². The predicted octanol–water partition coefficient (Wildman–Crippen LogP) is 3.62. The number of aryl methyl sites for hydroxylation is 1. The molecule has 0 radical (unpaired) electrons. The normalized spacial score (nSPS) is 10.3. The summed E-state index contributed by atoms with van der Waals surface area (Å²) in [5.74, 6) is 0.253. The molecule has 0 saturated carbocycles. The molecule has 2 rings (SSSR count). The largest absolute Gasteiger partial charge is 0.508 e. The van der Waals surface area contributed by atoms with E-state index in [1.807, 2.05) is 0 Å².